The average molecular weight is 479 g/mol. The number of ether oxygens (including phenoxy) is 1. The summed E-state index contributed by atoms with van der Waals surface area (Å²) in [6, 6.07) is 7.83. The molecule has 0 radical (unpaired) electrons. The fourth-order valence-electron chi connectivity index (χ4n) is 3.84. The lowest BCUT2D eigenvalue weighted by Crippen LogP contribution is -2.35. The number of carbonyl (C=O) groups excluding carboxylic acids is 2. The Hall–Kier alpha value is -2.42. The van der Waals surface area contributed by atoms with Crippen LogP contribution in [0.3, 0.4) is 0 Å². The Labute approximate surface area is 193 Å². The van der Waals surface area contributed by atoms with Crippen LogP contribution in [0.4, 0.5) is 5.69 Å². The van der Waals surface area contributed by atoms with Gasteiger partial charge in [0.2, 0.25) is 10.0 Å². The van der Waals surface area contributed by atoms with Gasteiger partial charge in [-0.15, -0.1) is 0 Å². The molecular formula is C23H27ClN2O5S. The molecule has 0 bridgehead atoms. The Morgan fingerprint density at radius 3 is 2.28 bits per heavy atom. The van der Waals surface area contributed by atoms with Crippen LogP contribution in [-0.2, 0) is 19.6 Å². The van der Waals surface area contributed by atoms with E-state index in [0.717, 1.165) is 36.0 Å². The molecule has 9 heteroatoms. The zero-order valence-electron chi connectivity index (χ0n) is 18.4. The SMILES string of the molecule is Cc1cc(C)c(NC(=O)COC(=O)c2cc(S(=O)(=O)N3CCCCC3)ccc2Cl)c(C)c1. The first kappa shape index (κ1) is 24.2. The molecule has 1 N–H and O–H groups in total. The number of anilines is 1. The van der Waals surface area contributed by atoms with Gasteiger partial charge in [-0.3, -0.25) is 4.79 Å². The van der Waals surface area contributed by atoms with Crippen LogP contribution in [-0.4, -0.2) is 44.3 Å². The van der Waals surface area contributed by atoms with Gasteiger partial charge in [0.15, 0.2) is 6.61 Å². The highest BCUT2D eigenvalue weighted by atomic mass is 35.5. The molecule has 0 saturated carbocycles. The van der Waals surface area contributed by atoms with Crippen LogP contribution in [0.15, 0.2) is 35.2 Å². The van der Waals surface area contributed by atoms with E-state index in [0.29, 0.717) is 18.8 Å². The predicted molar refractivity (Wildman–Crippen MR) is 124 cm³/mol. The largest absolute Gasteiger partial charge is 0.452 e. The van der Waals surface area contributed by atoms with Gasteiger partial charge in [0.1, 0.15) is 0 Å². The zero-order valence-corrected chi connectivity index (χ0v) is 20.0. The van der Waals surface area contributed by atoms with Gasteiger partial charge in [-0.1, -0.05) is 35.7 Å². The van der Waals surface area contributed by atoms with Crippen molar-refractivity contribution in [2.24, 2.45) is 0 Å². The number of carbonyl (C=O) groups is 2. The van der Waals surface area contributed by atoms with Crippen LogP contribution in [0.1, 0.15) is 46.3 Å². The summed E-state index contributed by atoms with van der Waals surface area (Å²) in [5, 5.41) is 2.81. The van der Waals surface area contributed by atoms with Crippen molar-refractivity contribution in [3.8, 4) is 0 Å². The molecule has 0 atom stereocenters. The van der Waals surface area contributed by atoms with E-state index in [-0.39, 0.29) is 15.5 Å². The maximum Gasteiger partial charge on any atom is 0.340 e. The zero-order chi connectivity index (χ0) is 23.5. The highest BCUT2D eigenvalue weighted by Crippen LogP contribution is 2.26. The maximum atomic E-state index is 12.9. The Morgan fingerprint density at radius 2 is 1.66 bits per heavy atom. The van der Waals surface area contributed by atoms with E-state index in [1.807, 2.05) is 32.9 Å². The van der Waals surface area contributed by atoms with E-state index in [9.17, 15) is 18.0 Å². The summed E-state index contributed by atoms with van der Waals surface area (Å²) < 4.78 is 32.3. The number of amides is 1. The standard InChI is InChI=1S/C23H27ClN2O5S/c1-15-11-16(2)22(17(3)12-15)25-21(27)14-31-23(28)19-13-18(7-8-20(19)24)32(29,30)26-9-5-4-6-10-26/h7-8,11-13H,4-6,9-10,14H2,1-3H3,(H,25,27). The van der Waals surface area contributed by atoms with E-state index in [1.54, 1.807) is 0 Å². The van der Waals surface area contributed by atoms with Gasteiger partial charge in [-0.25, -0.2) is 13.2 Å². The van der Waals surface area contributed by atoms with E-state index in [1.165, 1.54) is 22.5 Å². The van der Waals surface area contributed by atoms with Crippen LogP contribution < -0.4 is 5.32 Å². The topological polar surface area (TPSA) is 92.8 Å². The Morgan fingerprint density at radius 1 is 1.03 bits per heavy atom. The van der Waals surface area contributed by atoms with E-state index < -0.39 is 28.5 Å². The number of rotatable bonds is 6. The van der Waals surface area contributed by atoms with Crippen molar-refractivity contribution in [3.63, 3.8) is 0 Å². The number of halogens is 1. The number of benzene rings is 2. The molecule has 1 aliphatic heterocycles. The van der Waals surface area contributed by atoms with E-state index in [2.05, 4.69) is 5.32 Å². The quantitative estimate of drug-likeness (QED) is 0.627. The Balaban J connectivity index is 1.70. The predicted octanol–water partition coefficient (Wildman–Crippen LogP) is 4.24. The molecule has 1 amide bonds. The molecule has 1 aliphatic rings. The number of hydrogen-bond donors (Lipinski definition) is 1. The molecule has 2 aromatic rings. The summed E-state index contributed by atoms with van der Waals surface area (Å²) >= 11 is 6.12. The highest BCUT2D eigenvalue weighted by Gasteiger charge is 2.27. The van der Waals surface area contributed by atoms with E-state index in [4.69, 9.17) is 16.3 Å². The van der Waals surface area contributed by atoms with Crippen molar-refractivity contribution in [2.75, 3.05) is 25.0 Å². The van der Waals surface area contributed by atoms with Crippen LogP contribution in [0.25, 0.3) is 0 Å². The molecule has 0 unspecified atom stereocenters. The second kappa shape index (κ2) is 10.0. The summed E-state index contributed by atoms with van der Waals surface area (Å²) in [6.07, 6.45) is 2.60. The maximum absolute atomic E-state index is 12.9. The number of sulfonamides is 1. The molecule has 1 saturated heterocycles. The number of esters is 1. The van der Waals surface area contributed by atoms with Gasteiger partial charge in [-0.05, 0) is 62.9 Å². The summed E-state index contributed by atoms with van der Waals surface area (Å²) in [6.45, 7) is 6.11. The van der Waals surface area contributed by atoms with Crippen molar-refractivity contribution in [3.05, 3.63) is 57.6 Å². The van der Waals surface area contributed by atoms with Crippen LogP contribution in [0.5, 0.6) is 0 Å². The summed E-state index contributed by atoms with van der Waals surface area (Å²) in [7, 11) is -3.73. The molecule has 32 heavy (non-hydrogen) atoms. The number of piperidine rings is 1. The van der Waals surface area contributed by atoms with Gasteiger partial charge in [0.05, 0.1) is 15.5 Å². The lowest BCUT2D eigenvalue weighted by Gasteiger charge is -2.26. The number of nitrogens with one attached hydrogen (secondary N) is 1. The third-order valence-electron chi connectivity index (χ3n) is 5.39. The lowest BCUT2D eigenvalue weighted by atomic mass is 10.1. The summed E-state index contributed by atoms with van der Waals surface area (Å²) in [5.41, 5.74) is 3.46. The third kappa shape index (κ3) is 5.49. The molecule has 1 heterocycles. The first-order valence-corrected chi connectivity index (χ1v) is 12.3. The third-order valence-corrected chi connectivity index (χ3v) is 7.61. The van der Waals surface area contributed by atoms with Gasteiger partial charge in [0.25, 0.3) is 5.91 Å². The van der Waals surface area contributed by atoms with Crippen molar-refractivity contribution in [2.45, 2.75) is 44.9 Å². The molecule has 1 fully saturated rings. The highest BCUT2D eigenvalue weighted by molar-refractivity contribution is 7.89. The number of nitrogens with zero attached hydrogens (tertiary/aromatic N) is 1. The first-order chi connectivity index (χ1) is 15.1. The second-order valence-electron chi connectivity index (χ2n) is 8.00. The molecule has 0 spiro atoms. The molecule has 2 aromatic carbocycles. The number of aryl methyl sites for hydroxylation is 3. The molecule has 172 valence electrons. The van der Waals surface area contributed by atoms with Gasteiger partial charge in [0, 0.05) is 18.8 Å². The van der Waals surface area contributed by atoms with Crippen LogP contribution in [0, 0.1) is 20.8 Å². The molecule has 7 nitrogen and oxygen atoms in total. The first-order valence-electron chi connectivity index (χ1n) is 10.4. The van der Waals surface area contributed by atoms with Crippen LogP contribution >= 0.6 is 11.6 Å². The van der Waals surface area contributed by atoms with Gasteiger partial charge >= 0.3 is 5.97 Å². The lowest BCUT2D eigenvalue weighted by molar-refractivity contribution is -0.119. The fraction of sp³-hybridized carbons (Fsp3) is 0.391. The molecule has 3 rings (SSSR count). The van der Waals surface area contributed by atoms with E-state index >= 15 is 0 Å². The normalized spacial score (nSPS) is 14.8. The molecule has 0 aliphatic carbocycles. The minimum Gasteiger partial charge on any atom is -0.452 e. The van der Waals surface area contributed by atoms with Crippen molar-refractivity contribution < 1.29 is 22.7 Å². The number of hydrogen-bond acceptors (Lipinski definition) is 5. The minimum absolute atomic E-state index is 0.0221. The Bertz CT molecular complexity index is 1120. The van der Waals surface area contributed by atoms with Crippen molar-refractivity contribution in [1.29, 1.82) is 0 Å². The monoisotopic (exact) mass is 478 g/mol. The summed E-state index contributed by atoms with van der Waals surface area (Å²) in [5.74, 6) is -1.36. The smallest absolute Gasteiger partial charge is 0.340 e. The van der Waals surface area contributed by atoms with Crippen LogP contribution in [0.2, 0.25) is 5.02 Å². The summed E-state index contributed by atoms with van der Waals surface area (Å²) in [4.78, 5) is 24.9. The Kier molecular flexibility index (Phi) is 7.59. The van der Waals surface area contributed by atoms with Gasteiger partial charge in [-0.2, -0.15) is 4.31 Å². The van der Waals surface area contributed by atoms with Gasteiger partial charge < -0.3 is 10.1 Å². The second-order valence-corrected chi connectivity index (χ2v) is 10.3. The van der Waals surface area contributed by atoms with Crippen molar-refractivity contribution in [1.82, 2.24) is 4.31 Å². The minimum atomic E-state index is -3.73. The molecule has 0 aromatic heterocycles. The fourth-order valence-corrected chi connectivity index (χ4v) is 5.58. The average Bonchev–Trinajstić information content (AvgIpc) is 2.75. The van der Waals surface area contributed by atoms with Crippen molar-refractivity contribution >= 4 is 39.2 Å². The molecular weight excluding hydrogens is 452 g/mol.